The Bertz CT molecular complexity index is 2790. The van der Waals surface area contributed by atoms with Crippen molar-refractivity contribution in [2.75, 3.05) is 61.3 Å². The number of anilines is 3. The number of hydrogen-bond donors (Lipinski definition) is 3. The number of piperidine rings is 3. The van der Waals surface area contributed by atoms with Crippen molar-refractivity contribution in [3.8, 4) is 11.1 Å². The maximum Gasteiger partial charge on any atom is 0.268 e. The second-order valence-corrected chi connectivity index (χ2v) is 19.2. The number of piperazine rings is 1. The van der Waals surface area contributed by atoms with Crippen molar-refractivity contribution >= 4 is 57.4 Å². The van der Waals surface area contributed by atoms with Gasteiger partial charge in [0.05, 0.1) is 49.5 Å². The number of benzene rings is 2. The van der Waals surface area contributed by atoms with Crippen LogP contribution in [0, 0.1) is 11.7 Å². The Morgan fingerprint density at radius 3 is 2.46 bits per heavy atom. The molecule has 3 aromatic heterocycles. The van der Waals surface area contributed by atoms with Gasteiger partial charge in [-0.1, -0.05) is 12.1 Å². The highest BCUT2D eigenvalue weighted by molar-refractivity contribution is 7.13. The first-order valence-corrected chi connectivity index (χ1v) is 23.4. The highest BCUT2D eigenvalue weighted by Crippen LogP contribution is 2.45. The Kier molecular flexibility index (Phi) is 10.6. The van der Waals surface area contributed by atoms with Crippen molar-refractivity contribution in [3.05, 3.63) is 107 Å². The summed E-state index contributed by atoms with van der Waals surface area (Å²) in [5.41, 5.74) is 3.76. The van der Waals surface area contributed by atoms with E-state index in [1.54, 1.807) is 41.0 Å². The van der Waals surface area contributed by atoms with E-state index in [-0.39, 0.29) is 60.0 Å². The number of imidazole rings is 1. The SMILES string of the molecule is O=C1NC(=O)C2(Nc3ccc(C4CCN(CC(=O)N5CCN(c6ccc(-c7cc(F)c8c(c7)C(=O)N(C(C(=O)Nc7nccs7)c7ncn9c7CCC9)C8)cc6)CC5)CC4(F)F)nc3)CC1C2. The van der Waals surface area contributed by atoms with E-state index in [2.05, 4.69) is 35.8 Å². The largest absolute Gasteiger partial charge is 0.370 e. The lowest BCUT2D eigenvalue weighted by atomic mass is 9.64. The number of hydrogen-bond acceptors (Lipinski definition) is 12. The molecule has 2 atom stereocenters. The molecular formula is C47H46F3N11O5S. The number of aryl methyl sites for hydroxylation is 1. The van der Waals surface area contributed by atoms with Crippen LogP contribution in [0.2, 0.25) is 0 Å². The Morgan fingerprint density at radius 1 is 0.940 bits per heavy atom. The summed E-state index contributed by atoms with van der Waals surface area (Å²) in [6.07, 6.45) is 7.23. The van der Waals surface area contributed by atoms with Crippen LogP contribution in [0.1, 0.15) is 70.6 Å². The zero-order valence-corrected chi connectivity index (χ0v) is 37.0. The third-order valence-electron chi connectivity index (χ3n) is 14.3. The average molecular weight is 934 g/mol. The minimum Gasteiger partial charge on any atom is -0.370 e. The number of imide groups is 1. The van der Waals surface area contributed by atoms with Gasteiger partial charge in [-0.15, -0.1) is 11.3 Å². The van der Waals surface area contributed by atoms with Gasteiger partial charge in [-0.05, 0) is 86.2 Å². The number of carbonyl (C=O) groups is 5. The van der Waals surface area contributed by atoms with Crippen LogP contribution in [0.15, 0.2) is 72.6 Å². The van der Waals surface area contributed by atoms with Crippen molar-refractivity contribution in [2.45, 2.75) is 68.6 Å². The molecule has 16 nitrogen and oxygen atoms in total. The summed E-state index contributed by atoms with van der Waals surface area (Å²) in [6, 6.07) is 12.7. The molecule has 2 aromatic carbocycles. The molecule has 3 N–H and O–H groups in total. The van der Waals surface area contributed by atoms with Crippen LogP contribution in [0.4, 0.5) is 29.7 Å². The lowest BCUT2D eigenvalue weighted by Gasteiger charge is -2.50. The van der Waals surface area contributed by atoms with Crippen LogP contribution in [-0.4, -0.2) is 121 Å². The van der Waals surface area contributed by atoms with E-state index in [9.17, 15) is 24.0 Å². The predicted molar refractivity (Wildman–Crippen MR) is 240 cm³/mol. The third-order valence-corrected chi connectivity index (χ3v) is 15.0. The van der Waals surface area contributed by atoms with Gasteiger partial charge in [-0.25, -0.2) is 23.1 Å². The Morgan fingerprint density at radius 2 is 1.75 bits per heavy atom. The first-order valence-electron chi connectivity index (χ1n) is 22.5. The van der Waals surface area contributed by atoms with Crippen LogP contribution < -0.4 is 20.9 Å². The van der Waals surface area contributed by atoms with E-state index >= 15 is 13.2 Å². The Labute approximate surface area is 386 Å². The summed E-state index contributed by atoms with van der Waals surface area (Å²) in [7, 11) is 0. The van der Waals surface area contributed by atoms with E-state index in [1.807, 2.05) is 28.8 Å². The number of nitrogens with zero attached hydrogens (tertiary/aromatic N) is 8. The zero-order chi connectivity index (χ0) is 46.2. The number of likely N-dealkylation sites (tertiary alicyclic amines) is 1. The van der Waals surface area contributed by atoms with Crippen LogP contribution in [0.25, 0.3) is 11.1 Å². The molecule has 5 amide bonds. The molecule has 0 spiro atoms. The fourth-order valence-electron chi connectivity index (χ4n) is 10.7. The normalized spacial score (nSPS) is 23.6. The average Bonchev–Trinajstić information content (AvgIpc) is 4.13. The number of amides is 5. The summed E-state index contributed by atoms with van der Waals surface area (Å²) >= 11 is 1.26. The van der Waals surface area contributed by atoms with Gasteiger partial charge in [0.1, 0.15) is 11.4 Å². The van der Waals surface area contributed by atoms with E-state index in [1.165, 1.54) is 33.4 Å². The van der Waals surface area contributed by atoms with Crippen LogP contribution in [0.5, 0.6) is 0 Å². The maximum atomic E-state index is 16.0. The zero-order valence-electron chi connectivity index (χ0n) is 36.2. The minimum atomic E-state index is -3.12. The number of rotatable bonds is 11. The molecule has 6 aliphatic heterocycles. The van der Waals surface area contributed by atoms with Crippen molar-refractivity contribution in [1.82, 2.24) is 39.5 Å². The fourth-order valence-corrected chi connectivity index (χ4v) is 11.2. The quantitative estimate of drug-likeness (QED) is 0.155. The number of fused-ring (bicyclic) bond motifs is 4. The predicted octanol–water partition coefficient (Wildman–Crippen LogP) is 4.81. The van der Waals surface area contributed by atoms with Crippen molar-refractivity contribution in [2.24, 2.45) is 5.92 Å². The fraction of sp³-hybridized carbons (Fsp3) is 0.404. The van der Waals surface area contributed by atoms with Gasteiger partial charge in [0, 0.05) is 78.4 Å². The van der Waals surface area contributed by atoms with Gasteiger partial charge >= 0.3 is 0 Å². The van der Waals surface area contributed by atoms with Crippen molar-refractivity contribution < 1.29 is 37.1 Å². The number of pyridine rings is 1. The molecule has 346 valence electrons. The topological polar surface area (TPSA) is 178 Å². The number of halogens is 3. The molecule has 5 fully saturated rings. The summed E-state index contributed by atoms with van der Waals surface area (Å²) in [4.78, 5) is 85.5. The lowest BCUT2D eigenvalue weighted by molar-refractivity contribution is -0.149. The molecule has 12 rings (SSSR count). The molecule has 1 saturated carbocycles. The van der Waals surface area contributed by atoms with Gasteiger partial charge in [0.25, 0.3) is 23.6 Å². The van der Waals surface area contributed by atoms with Crippen LogP contribution in [-0.2, 0) is 38.7 Å². The number of thiazole rings is 1. The third kappa shape index (κ3) is 7.78. The summed E-state index contributed by atoms with van der Waals surface area (Å²) in [5.74, 6) is -6.80. The first-order chi connectivity index (χ1) is 32.3. The molecule has 9 heterocycles. The number of carbonyl (C=O) groups excluding carboxylic acids is 5. The van der Waals surface area contributed by atoms with Crippen molar-refractivity contribution in [3.63, 3.8) is 0 Å². The standard InChI is InChI=1S/C47H46F3N11O5S/c48-35-19-28(18-32-33(35)23-61(43(32)65)40(42(64)55-45-51-10-17-67-45)39-37-2-1-11-60(37)26-53-39)27-3-6-31(7-4-27)58-13-15-59(16-14-58)38(62)24-57-12-9-34(47(49,50)25-57)36-8-5-30(22-52-36)56-46-20-29(21-46)41(63)54-44(46)66/h3-8,10,17-19,22,26,29,34,40,56H,1-2,9,11-16,20-21,23-25H2,(H,51,55,64)(H,54,63,66). The molecular weight excluding hydrogens is 888 g/mol. The van der Waals surface area contributed by atoms with Crippen LogP contribution >= 0.6 is 11.3 Å². The molecule has 4 saturated heterocycles. The lowest BCUT2D eigenvalue weighted by Crippen LogP contribution is -2.69. The van der Waals surface area contributed by atoms with Gasteiger partial charge in [-0.2, -0.15) is 0 Å². The molecule has 1 aliphatic carbocycles. The highest BCUT2D eigenvalue weighted by Gasteiger charge is 2.58. The number of aromatic nitrogens is 4. The summed E-state index contributed by atoms with van der Waals surface area (Å²) in [6.45, 7) is 2.17. The van der Waals surface area contributed by atoms with Gasteiger partial charge in [-0.3, -0.25) is 44.5 Å². The maximum absolute atomic E-state index is 16.0. The van der Waals surface area contributed by atoms with Gasteiger partial charge in [0.15, 0.2) is 11.2 Å². The van der Waals surface area contributed by atoms with Gasteiger partial charge in [0.2, 0.25) is 11.8 Å². The molecule has 2 unspecified atom stereocenters. The number of alkyl halides is 2. The Balaban J connectivity index is 0.690. The summed E-state index contributed by atoms with van der Waals surface area (Å²) in [5, 5.41) is 10.5. The van der Waals surface area contributed by atoms with E-state index in [4.69, 9.17) is 0 Å². The molecule has 20 heteroatoms. The molecule has 5 aromatic rings. The smallest absolute Gasteiger partial charge is 0.268 e. The van der Waals surface area contributed by atoms with Crippen LogP contribution in [0.3, 0.4) is 0 Å². The second kappa shape index (κ2) is 16.6. The molecule has 67 heavy (non-hydrogen) atoms. The Hall–Kier alpha value is -6.67. The van der Waals surface area contributed by atoms with E-state index in [0.717, 1.165) is 24.3 Å². The molecule has 7 aliphatic rings. The van der Waals surface area contributed by atoms with E-state index in [0.29, 0.717) is 79.6 Å². The highest BCUT2D eigenvalue weighted by atomic mass is 32.1. The molecule has 0 radical (unpaired) electrons. The molecule has 2 bridgehead atoms. The second-order valence-electron chi connectivity index (χ2n) is 18.3. The monoisotopic (exact) mass is 933 g/mol. The van der Waals surface area contributed by atoms with E-state index < -0.39 is 47.6 Å². The summed E-state index contributed by atoms with van der Waals surface area (Å²) < 4.78 is 49.2. The number of nitrogens with one attached hydrogen (secondary N) is 3. The first kappa shape index (κ1) is 42.9. The van der Waals surface area contributed by atoms with Gasteiger partial charge < -0.3 is 24.6 Å². The minimum absolute atomic E-state index is 0.0929. The van der Waals surface area contributed by atoms with Crippen molar-refractivity contribution in [1.29, 1.82) is 0 Å².